The van der Waals surface area contributed by atoms with Gasteiger partial charge < -0.3 is 5.11 Å². The van der Waals surface area contributed by atoms with Crippen LogP contribution in [-0.4, -0.2) is 11.3 Å². The van der Waals surface area contributed by atoms with E-state index in [-0.39, 0.29) is 5.56 Å². The van der Waals surface area contributed by atoms with Crippen molar-refractivity contribution in [1.29, 1.82) is 0 Å². The average molecular weight is 240 g/mol. The molecule has 0 saturated carbocycles. The van der Waals surface area contributed by atoms with E-state index in [0.29, 0.717) is 12.1 Å². The monoisotopic (exact) mass is 240 g/mol. The SMILES string of the molecule is CC(O)c1cccc(C(F)(F)C(F)(F)F)c1. The van der Waals surface area contributed by atoms with E-state index < -0.39 is 23.8 Å². The predicted octanol–water partition coefficient (Wildman–Crippen LogP) is 3.39. The van der Waals surface area contributed by atoms with Crippen LogP contribution in [-0.2, 0) is 5.92 Å². The van der Waals surface area contributed by atoms with Gasteiger partial charge in [0.1, 0.15) is 0 Å². The van der Waals surface area contributed by atoms with Crippen LogP contribution in [0.1, 0.15) is 24.2 Å². The molecule has 0 aliphatic rings. The zero-order chi connectivity index (χ0) is 12.6. The smallest absolute Gasteiger partial charge is 0.389 e. The summed E-state index contributed by atoms with van der Waals surface area (Å²) in [5, 5.41) is 9.09. The molecular weight excluding hydrogens is 231 g/mol. The first-order chi connectivity index (χ1) is 7.16. The Morgan fingerprint density at radius 2 is 1.69 bits per heavy atom. The summed E-state index contributed by atoms with van der Waals surface area (Å²) in [6.45, 7) is 1.28. The standard InChI is InChI=1S/C10H9F5O/c1-6(16)7-3-2-4-8(5-7)9(11,12)10(13,14)15/h2-6,16H,1H3. The van der Waals surface area contributed by atoms with Crippen LogP contribution in [0.2, 0.25) is 0 Å². The van der Waals surface area contributed by atoms with Gasteiger partial charge in [-0.2, -0.15) is 22.0 Å². The van der Waals surface area contributed by atoms with Crippen LogP contribution in [0, 0.1) is 0 Å². The van der Waals surface area contributed by atoms with Gasteiger partial charge in [-0.25, -0.2) is 0 Å². The lowest BCUT2D eigenvalue weighted by Gasteiger charge is -2.20. The molecule has 1 aromatic rings. The van der Waals surface area contributed by atoms with E-state index in [4.69, 9.17) is 5.11 Å². The summed E-state index contributed by atoms with van der Waals surface area (Å²) in [6.07, 6.45) is -6.73. The molecule has 0 bridgehead atoms. The maximum Gasteiger partial charge on any atom is 0.458 e. The van der Waals surface area contributed by atoms with Crippen molar-refractivity contribution in [2.45, 2.75) is 25.1 Å². The molecule has 0 fully saturated rings. The van der Waals surface area contributed by atoms with Gasteiger partial charge in [-0.1, -0.05) is 18.2 Å². The minimum Gasteiger partial charge on any atom is -0.389 e. The number of rotatable bonds is 2. The van der Waals surface area contributed by atoms with E-state index in [0.717, 1.165) is 6.07 Å². The molecule has 0 radical (unpaired) electrons. The first kappa shape index (κ1) is 12.9. The van der Waals surface area contributed by atoms with E-state index >= 15 is 0 Å². The third kappa shape index (κ3) is 2.32. The first-order valence-electron chi connectivity index (χ1n) is 4.39. The Labute approximate surface area is 88.5 Å². The molecule has 1 atom stereocenters. The molecule has 1 N–H and O–H groups in total. The van der Waals surface area contributed by atoms with Gasteiger partial charge in [0.15, 0.2) is 0 Å². The fourth-order valence-electron chi connectivity index (χ4n) is 1.16. The van der Waals surface area contributed by atoms with Gasteiger partial charge >= 0.3 is 12.1 Å². The second kappa shape index (κ2) is 4.01. The molecule has 16 heavy (non-hydrogen) atoms. The molecular formula is C10H9F5O. The zero-order valence-electron chi connectivity index (χ0n) is 8.22. The highest BCUT2D eigenvalue weighted by atomic mass is 19.4. The topological polar surface area (TPSA) is 20.2 Å². The van der Waals surface area contributed by atoms with Crippen LogP contribution >= 0.6 is 0 Å². The largest absolute Gasteiger partial charge is 0.458 e. The fraction of sp³-hybridized carbons (Fsp3) is 0.400. The summed E-state index contributed by atoms with van der Waals surface area (Å²) in [7, 11) is 0. The minimum absolute atomic E-state index is 0.0152. The van der Waals surface area contributed by atoms with E-state index in [9.17, 15) is 22.0 Å². The number of aliphatic hydroxyl groups is 1. The van der Waals surface area contributed by atoms with Gasteiger partial charge in [0.25, 0.3) is 0 Å². The summed E-state index contributed by atoms with van der Waals surface area (Å²) >= 11 is 0. The van der Waals surface area contributed by atoms with Crippen LogP contribution < -0.4 is 0 Å². The molecule has 0 aromatic heterocycles. The maximum absolute atomic E-state index is 12.9. The number of aliphatic hydroxyl groups excluding tert-OH is 1. The lowest BCUT2D eigenvalue weighted by atomic mass is 10.0. The van der Waals surface area contributed by atoms with Crippen LogP contribution in [0.25, 0.3) is 0 Å². The average Bonchev–Trinajstić information content (AvgIpc) is 2.16. The second-order valence-electron chi connectivity index (χ2n) is 3.37. The van der Waals surface area contributed by atoms with Gasteiger partial charge in [0, 0.05) is 5.56 Å². The molecule has 1 unspecified atom stereocenters. The summed E-state index contributed by atoms with van der Waals surface area (Å²) < 4.78 is 61.9. The number of hydrogen-bond donors (Lipinski definition) is 1. The van der Waals surface area contributed by atoms with Crippen LogP contribution in [0.3, 0.4) is 0 Å². The van der Waals surface area contributed by atoms with E-state index in [2.05, 4.69) is 0 Å². The molecule has 6 heteroatoms. The molecule has 1 aromatic carbocycles. The molecule has 90 valence electrons. The van der Waals surface area contributed by atoms with Crippen molar-refractivity contribution in [2.24, 2.45) is 0 Å². The van der Waals surface area contributed by atoms with Crippen molar-refractivity contribution in [3.05, 3.63) is 35.4 Å². The quantitative estimate of drug-likeness (QED) is 0.785. The van der Waals surface area contributed by atoms with Gasteiger partial charge in [-0.15, -0.1) is 0 Å². The van der Waals surface area contributed by atoms with Crippen molar-refractivity contribution < 1.29 is 27.1 Å². The van der Waals surface area contributed by atoms with Crippen molar-refractivity contribution in [3.63, 3.8) is 0 Å². The van der Waals surface area contributed by atoms with Crippen molar-refractivity contribution >= 4 is 0 Å². The Bertz CT molecular complexity index is 370. The highest BCUT2D eigenvalue weighted by Gasteiger charge is 2.58. The molecule has 1 nitrogen and oxygen atoms in total. The Hall–Kier alpha value is -1.17. The predicted molar refractivity (Wildman–Crippen MR) is 47.0 cm³/mol. The zero-order valence-corrected chi connectivity index (χ0v) is 8.22. The van der Waals surface area contributed by atoms with Gasteiger partial charge in [-0.05, 0) is 18.6 Å². The lowest BCUT2D eigenvalue weighted by molar-refractivity contribution is -0.289. The highest BCUT2D eigenvalue weighted by molar-refractivity contribution is 5.29. The van der Waals surface area contributed by atoms with Crippen LogP contribution in [0.15, 0.2) is 24.3 Å². The first-order valence-corrected chi connectivity index (χ1v) is 4.39. The number of hydrogen-bond acceptors (Lipinski definition) is 1. The number of benzene rings is 1. The summed E-state index contributed by atoms with van der Waals surface area (Å²) in [5.41, 5.74) is -1.15. The number of alkyl halides is 5. The lowest BCUT2D eigenvalue weighted by Crippen LogP contribution is -2.33. The summed E-state index contributed by atoms with van der Waals surface area (Å²) in [5.74, 6) is -4.90. The van der Waals surface area contributed by atoms with Crippen LogP contribution in [0.4, 0.5) is 22.0 Å². The molecule has 1 rings (SSSR count). The molecule has 0 aliphatic heterocycles. The van der Waals surface area contributed by atoms with Crippen molar-refractivity contribution in [3.8, 4) is 0 Å². The molecule has 0 spiro atoms. The Kier molecular flexibility index (Phi) is 3.23. The van der Waals surface area contributed by atoms with E-state index in [1.807, 2.05) is 0 Å². The molecule has 0 amide bonds. The Morgan fingerprint density at radius 3 is 2.12 bits per heavy atom. The van der Waals surface area contributed by atoms with E-state index in [1.54, 1.807) is 0 Å². The molecule has 0 saturated heterocycles. The third-order valence-corrected chi connectivity index (χ3v) is 2.09. The summed E-state index contributed by atoms with van der Waals surface area (Å²) in [4.78, 5) is 0. The van der Waals surface area contributed by atoms with E-state index in [1.165, 1.54) is 13.0 Å². The van der Waals surface area contributed by atoms with Crippen LogP contribution in [0.5, 0.6) is 0 Å². The highest BCUT2D eigenvalue weighted by Crippen LogP contribution is 2.44. The third-order valence-electron chi connectivity index (χ3n) is 2.09. The second-order valence-corrected chi connectivity index (χ2v) is 3.37. The Balaban J connectivity index is 3.19. The summed E-state index contributed by atoms with van der Waals surface area (Å²) in [6, 6.07) is 3.66. The van der Waals surface area contributed by atoms with Crippen molar-refractivity contribution in [1.82, 2.24) is 0 Å². The minimum atomic E-state index is -5.63. The normalized spacial score (nSPS) is 14.9. The maximum atomic E-state index is 12.9. The Morgan fingerprint density at radius 1 is 1.12 bits per heavy atom. The number of halogens is 5. The van der Waals surface area contributed by atoms with Gasteiger partial charge in [-0.3, -0.25) is 0 Å². The van der Waals surface area contributed by atoms with Crippen molar-refractivity contribution in [2.75, 3.05) is 0 Å². The van der Waals surface area contributed by atoms with Gasteiger partial charge in [0.05, 0.1) is 6.10 Å². The molecule has 0 aliphatic carbocycles. The molecule has 0 heterocycles. The van der Waals surface area contributed by atoms with Gasteiger partial charge in [0.2, 0.25) is 0 Å². The fourth-order valence-corrected chi connectivity index (χ4v) is 1.16.